The molecule has 0 amide bonds. The summed E-state index contributed by atoms with van der Waals surface area (Å²) < 4.78 is 2.03. The molecule has 1 radical (unpaired) electrons. The molecular weight excluding hydrogens is 225 g/mol. The van der Waals surface area contributed by atoms with Crippen molar-refractivity contribution in [3.63, 3.8) is 0 Å². The van der Waals surface area contributed by atoms with Gasteiger partial charge in [-0.25, -0.2) is 4.79 Å². The molecule has 0 saturated carbocycles. The van der Waals surface area contributed by atoms with Crippen LogP contribution < -0.4 is 0 Å². The normalized spacial score (nSPS) is 9.76. The second-order valence-electron chi connectivity index (χ2n) is 3.81. The van der Waals surface area contributed by atoms with Gasteiger partial charge in [0.1, 0.15) is 0 Å². The number of aromatic nitrogens is 1. The minimum absolute atomic E-state index is 0. The third-order valence-electron chi connectivity index (χ3n) is 2.62. The molecule has 1 aromatic heterocycles. The Morgan fingerprint density at radius 1 is 1.12 bits per heavy atom. The summed E-state index contributed by atoms with van der Waals surface area (Å²) in [6.07, 6.45) is 0. The quantitative estimate of drug-likeness (QED) is 0.816. The average Bonchev–Trinajstić information content (AvgIpc) is 2.59. The van der Waals surface area contributed by atoms with Crippen molar-refractivity contribution < 1.29 is 9.90 Å². The van der Waals surface area contributed by atoms with Crippen LogP contribution in [0.3, 0.4) is 0 Å². The Morgan fingerprint density at radius 3 is 2.24 bits per heavy atom. The Kier molecular flexibility index (Phi) is 4.57. The van der Waals surface area contributed by atoms with Crippen LogP contribution in [0.15, 0.2) is 36.4 Å². The predicted octanol–water partition coefficient (Wildman–Crippen LogP) is 2.41. The van der Waals surface area contributed by atoms with Crippen molar-refractivity contribution in [1.29, 1.82) is 0 Å². The van der Waals surface area contributed by atoms with Gasteiger partial charge >= 0.3 is 5.97 Å². The molecule has 0 bridgehead atoms. The van der Waals surface area contributed by atoms with Crippen molar-refractivity contribution in [2.45, 2.75) is 13.8 Å². The molecule has 2 rings (SSSR count). The third-order valence-corrected chi connectivity index (χ3v) is 2.62. The first-order valence-corrected chi connectivity index (χ1v) is 5.08. The standard InChI is InChI=1S/C13H13NO2.Na/c1-9-6-7-10(2)14(9)12-5-3-4-11(8-12)13(15)16;/h3-8H,1-2H3,(H,15,16);. The Morgan fingerprint density at radius 2 is 1.71 bits per heavy atom. The molecule has 4 heteroatoms. The molecule has 2 aromatic rings. The number of carboxylic acids is 1. The molecule has 0 spiro atoms. The van der Waals surface area contributed by atoms with Gasteiger partial charge in [-0.1, -0.05) is 6.07 Å². The van der Waals surface area contributed by atoms with Gasteiger partial charge in [0.05, 0.1) is 5.56 Å². The molecule has 0 fully saturated rings. The fraction of sp³-hybridized carbons (Fsp3) is 0.154. The van der Waals surface area contributed by atoms with Crippen LogP contribution in [0.25, 0.3) is 5.69 Å². The fourth-order valence-electron chi connectivity index (χ4n) is 1.85. The molecule has 0 saturated heterocycles. The van der Waals surface area contributed by atoms with Crippen LogP contribution in [0, 0.1) is 13.8 Å². The number of hydrogen-bond donors (Lipinski definition) is 1. The number of hydrogen-bond acceptors (Lipinski definition) is 1. The molecule has 0 aliphatic heterocycles. The van der Waals surface area contributed by atoms with Crippen molar-refractivity contribution in [2.75, 3.05) is 0 Å². The maximum absolute atomic E-state index is 10.9. The molecule has 83 valence electrons. The zero-order valence-corrected chi connectivity index (χ0v) is 12.3. The number of aryl methyl sites for hydroxylation is 2. The van der Waals surface area contributed by atoms with Gasteiger partial charge in [0.15, 0.2) is 0 Å². The summed E-state index contributed by atoms with van der Waals surface area (Å²) >= 11 is 0. The van der Waals surface area contributed by atoms with E-state index in [9.17, 15) is 4.79 Å². The van der Waals surface area contributed by atoms with Crippen LogP contribution in [-0.4, -0.2) is 45.2 Å². The van der Waals surface area contributed by atoms with E-state index in [-0.39, 0.29) is 29.6 Å². The molecule has 0 aliphatic carbocycles. The zero-order chi connectivity index (χ0) is 11.7. The van der Waals surface area contributed by atoms with Gasteiger partial charge in [0, 0.05) is 46.6 Å². The maximum Gasteiger partial charge on any atom is 0.335 e. The molecule has 1 aromatic carbocycles. The van der Waals surface area contributed by atoms with E-state index in [4.69, 9.17) is 5.11 Å². The second-order valence-corrected chi connectivity index (χ2v) is 3.81. The van der Waals surface area contributed by atoms with E-state index < -0.39 is 5.97 Å². The summed E-state index contributed by atoms with van der Waals surface area (Å²) in [5, 5.41) is 8.94. The molecule has 1 N–H and O–H groups in total. The van der Waals surface area contributed by atoms with Crippen LogP contribution in [0.1, 0.15) is 21.7 Å². The molecule has 1 heterocycles. The van der Waals surface area contributed by atoms with E-state index in [0.29, 0.717) is 5.56 Å². The zero-order valence-electron chi connectivity index (χ0n) is 10.3. The van der Waals surface area contributed by atoms with Crippen molar-refractivity contribution in [3.8, 4) is 5.69 Å². The molecule has 0 atom stereocenters. The van der Waals surface area contributed by atoms with Crippen LogP contribution in [0.2, 0.25) is 0 Å². The van der Waals surface area contributed by atoms with Gasteiger partial charge in [-0.05, 0) is 44.2 Å². The minimum atomic E-state index is -0.899. The summed E-state index contributed by atoms with van der Waals surface area (Å²) in [5.41, 5.74) is 3.39. The monoisotopic (exact) mass is 238 g/mol. The van der Waals surface area contributed by atoms with Crippen LogP contribution >= 0.6 is 0 Å². The number of rotatable bonds is 2. The molecular formula is C13H13NNaO2. The summed E-state index contributed by atoms with van der Waals surface area (Å²) in [4.78, 5) is 10.9. The SMILES string of the molecule is Cc1ccc(C)n1-c1cccc(C(=O)O)c1.[Na]. The summed E-state index contributed by atoms with van der Waals surface area (Å²) in [7, 11) is 0. The van der Waals surface area contributed by atoms with Crippen LogP contribution in [0.4, 0.5) is 0 Å². The van der Waals surface area contributed by atoms with Crippen LogP contribution in [0.5, 0.6) is 0 Å². The average molecular weight is 238 g/mol. The first kappa shape index (κ1) is 14.0. The van der Waals surface area contributed by atoms with Crippen molar-refractivity contribution in [1.82, 2.24) is 4.57 Å². The summed E-state index contributed by atoms with van der Waals surface area (Å²) in [5.74, 6) is -0.899. The Bertz CT molecular complexity index is 527. The van der Waals surface area contributed by atoms with Gasteiger partial charge in [0.25, 0.3) is 0 Å². The molecule has 17 heavy (non-hydrogen) atoms. The first-order chi connectivity index (χ1) is 7.59. The van der Waals surface area contributed by atoms with Crippen LogP contribution in [-0.2, 0) is 0 Å². The van der Waals surface area contributed by atoms with E-state index in [1.165, 1.54) is 0 Å². The van der Waals surface area contributed by atoms with E-state index >= 15 is 0 Å². The van der Waals surface area contributed by atoms with Crippen molar-refractivity contribution >= 4 is 35.5 Å². The second kappa shape index (κ2) is 5.54. The van der Waals surface area contributed by atoms with E-state index in [0.717, 1.165) is 17.1 Å². The van der Waals surface area contributed by atoms with Gasteiger partial charge in [-0.2, -0.15) is 0 Å². The van der Waals surface area contributed by atoms with Gasteiger partial charge < -0.3 is 9.67 Å². The largest absolute Gasteiger partial charge is 0.478 e. The number of nitrogens with zero attached hydrogens (tertiary/aromatic N) is 1. The predicted molar refractivity (Wildman–Crippen MR) is 68.0 cm³/mol. The first-order valence-electron chi connectivity index (χ1n) is 5.08. The molecule has 0 unspecified atom stereocenters. The topological polar surface area (TPSA) is 42.2 Å². The number of aromatic carboxylic acids is 1. The Labute approximate surface area is 122 Å². The molecule has 3 nitrogen and oxygen atoms in total. The third kappa shape index (κ3) is 2.80. The maximum atomic E-state index is 10.9. The number of carbonyl (C=O) groups is 1. The van der Waals surface area contributed by atoms with Gasteiger partial charge in [0.2, 0.25) is 0 Å². The van der Waals surface area contributed by atoms with E-state index in [1.807, 2.05) is 36.6 Å². The van der Waals surface area contributed by atoms with Gasteiger partial charge in [-0.15, -0.1) is 0 Å². The summed E-state index contributed by atoms with van der Waals surface area (Å²) in [6.45, 7) is 4.00. The Balaban J connectivity index is 0.00000144. The minimum Gasteiger partial charge on any atom is -0.478 e. The smallest absolute Gasteiger partial charge is 0.335 e. The van der Waals surface area contributed by atoms with E-state index in [2.05, 4.69) is 0 Å². The Hall–Kier alpha value is -1.03. The molecule has 0 aliphatic rings. The number of benzene rings is 1. The summed E-state index contributed by atoms with van der Waals surface area (Å²) in [6, 6.07) is 11.0. The fourth-order valence-corrected chi connectivity index (χ4v) is 1.85. The number of carboxylic acid groups (broad SMARTS) is 1. The van der Waals surface area contributed by atoms with Gasteiger partial charge in [-0.3, -0.25) is 0 Å². The van der Waals surface area contributed by atoms with E-state index in [1.54, 1.807) is 18.2 Å². The van der Waals surface area contributed by atoms with Crippen molar-refractivity contribution in [3.05, 3.63) is 53.3 Å². The van der Waals surface area contributed by atoms with Crippen molar-refractivity contribution in [2.24, 2.45) is 0 Å².